The monoisotopic (exact) mass is 457 g/mol. The molecule has 1 saturated heterocycles. The van der Waals surface area contributed by atoms with Crippen LogP contribution in [0.4, 0.5) is 4.79 Å². The lowest BCUT2D eigenvalue weighted by Gasteiger charge is -2.14. The van der Waals surface area contributed by atoms with Gasteiger partial charge in [0.15, 0.2) is 0 Å². The molecule has 1 heterocycles. The molecule has 2 amide bonds. The van der Waals surface area contributed by atoms with Gasteiger partial charge in [-0.1, -0.05) is 35.9 Å². The van der Waals surface area contributed by atoms with Crippen LogP contribution in [0, 0.1) is 6.92 Å². The summed E-state index contributed by atoms with van der Waals surface area (Å²) < 4.78 is 6.88. The molecule has 0 radical (unpaired) electrons. The Morgan fingerprint density at radius 2 is 2.04 bits per heavy atom. The van der Waals surface area contributed by atoms with E-state index < -0.39 is 0 Å². The van der Waals surface area contributed by atoms with Crippen molar-refractivity contribution >= 4 is 44.9 Å². The molecule has 0 saturated carbocycles. The highest BCUT2D eigenvalue weighted by Gasteiger charge is 2.31. The number of carbonyl (C=O) groups excluding carboxylic acids is 2. The Hall–Kier alpha value is -2.31. The molecular weight excluding hydrogens is 438 g/mol. The van der Waals surface area contributed by atoms with Crippen LogP contribution in [0.1, 0.15) is 22.3 Å². The zero-order chi connectivity index (χ0) is 20.3. The summed E-state index contributed by atoms with van der Waals surface area (Å²) in [4.78, 5) is 25.4. The van der Waals surface area contributed by atoms with Crippen molar-refractivity contribution < 1.29 is 14.3 Å². The van der Waals surface area contributed by atoms with E-state index in [0.717, 1.165) is 43.6 Å². The first kappa shape index (κ1) is 20.4. The SMILES string of the molecule is C=CCc1cc(/C=C2\SC(=O)N(C)C2=O)cc(Br)c1OCc1cccc(C)c1. The number of carbonyl (C=O) groups is 2. The minimum Gasteiger partial charge on any atom is -0.487 e. The Morgan fingerprint density at radius 3 is 2.68 bits per heavy atom. The Labute approximate surface area is 177 Å². The van der Waals surface area contributed by atoms with E-state index in [1.165, 1.54) is 12.6 Å². The number of likely N-dealkylation sites (N-methyl/N-ethyl adjacent to an activating group) is 1. The number of hydrogen-bond acceptors (Lipinski definition) is 4. The lowest BCUT2D eigenvalue weighted by atomic mass is 10.1. The van der Waals surface area contributed by atoms with Crippen molar-refractivity contribution in [1.82, 2.24) is 4.90 Å². The van der Waals surface area contributed by atoms with Crippen molar-refractivity contribution in [2.45, 2.75) is 20.0 Å². The number of allylic oxidation sites excluding steroid dienone is 1. The van der Waals surface area contributed by atoms with Crippen LogP contribution in [0.25, 0.3) is 6.08 Å². The largest absolute Gasteiger partial charge is 0.487 e. The maximum Gasteiger partial charge on any atom is 0.293 e. The zero-order valence-corrected chi connectivity index (χ0v) is 18.1. The second-order valence-electron chi connectivity index (χ2n) is 6.50. The van der Waals surface area contributed by atoms with Gasteiger partial charge in [-0.3, -0.25) is 14.5 Å². The highest BCUT2D eigenvalue weighted by atomic mass is 79.9. The fourth-order valence-electron chi connectivity index (χ4n) is 2.88. The Kier molecular flexibility index (Phi) is 6.42. The van der Waals surface area contributed by atoms with Crippen LogP contribution in [0.15, 0.2) is 58.4 Å². The second kappa shape index (κ2) is 8.80. The van der Waals surface area contributed by atoms with Crippen molar-refractivity contribution in [1.29, 1.82) is 0 Å². The van der Waals surface area contributed by atoms with Crippen LogP contribution in [-0.4, -0.2) is 23.1 Å². The van der Waals surface area contributed by atoms with Crippen LogP contribution < -0.4 is 4.74 Å². The fraction of sp³-hybridized carbons (Fsp3) is 0.182. The number of halogens is 1. The van der Waals surface area contributed by atoms with Gasteiger partial charge < -0.3 is 4.74 Å². The van der Waals surface area contributed by atoms with Crippen LogP contribution in [0.3, 0.4) is 0 Å². The number of rotatable bonds is 6. The van der Waals surface area contributed by atoms with E-state index in [-0.39, 0.29) is 11.1 Å². The third kappa shape index (κ3) is 4.56. The first-order valence-corrected chi connectivity index (χ1v) is 10.3. The third-order valence-electron chi connectivity index (χ3n) is 4.26. The zero-order valence-electron chi connectivity index (χ0n) is 15.7. The first-order valence-electron chi connectivity index (χ1n) is 8.72. The topological polar surface area (TPSA) is 46.6 Å². The Bertz CT molecular complexity index is 984. The number of amides is 2. The highest BCUT2D eigenvalue weighted by Crippen LogP contribution is 2.35. The lowest BCUT2D eigenvalue weighted by Crippen LogP contribution is -2.22. The maximum absolute atomic E-state index is 12.1. The van der Waals surface area contributed by atoms with Crippen LogP contribution in [0.5, 0.6) is 5.75 Å². The van der Waals surface area contributed by atoms with E-state index >= 15 is 0 Å². The number of imide groups is 1. The summed E-state index contributed by atoms with van der Waals surface area (Å²) in [6.45, 7) is 6.33. The molecule has 3 rings (SSSR count). The molecule has 1 aliphatic heterocycles. The summed E-state index contributed by atoms with van der Waals surface area (Å²) in [5, 5.41) is -0.264. The molecule has 1 aliphatic rings. The van der Waals surface area contributed by atoms with Gasteiger partial charge in [-0.05, 0) is 75.9 Å². The van der Waals surface area contributed by atoms with Gasteiger partial charge in [-0.2, -0.15) is 0 Å². The van der Waals surface area contributed by atoms with E-state index in [4.69, 9.17) is 4.74 Å². The maximum atomic E-state index is 12.1. The Morgan fingerprint density at radius 1 is 1.25 bits per heavy atom. The van der Waals surface area contributed by atoms with Crippen molar-refractivity contribution in [3.8, 4) is 5.75 Å². The van der Waals surface area contributed by atoms with Crippen molar-refractivity contribution in [2.24, 2.45) is 0 Å². The molecule has 144 valence electrons. The predicted octanol–water partition coefficient (Wildman–Crippen LogP) is 5.73. The predicted molar refractivity (Wildman–Crippen MR) is 117 cm³/mol. The quantitative estimate of drug-likeness (QED) is 0.410. The van der Waals surface area contributed by atoms with Crippen molar-refractivity contribution in [3.05, 3.63) is 80.7 Å². The van der Waals surface area contributed by atoms with Crippen LogP contribution in [-0.2, 0) is 17.8 Å². The summed E-state index contributed by atoms with van der Waals surface area (Å²) in [5.41, 5.74) is 4.06. The molecule has 4 nitrogen and oxygen atoms in total. The Balaban J connectivity index is 1.89. The van der Waals surface area contributed by atoms with Gasteiger partial charge >= 0.3 is 0 Å². The minimum absolute atomic E-state index is 0.264. The first-order chi connectivity index (χ1) is 13.4. The van der Waals surface area contributed by atoms with E-state index in [9.17, 15) is 9.59 Å². The molecule has 1 fully saturated rings. The summed E-state index contributed by atoms with van der Waals surface area (Å²) in [5.74, 6) is 0.471. The number of nitrogens with zero attached hydrogens (tertiary/aromatic N) is 1. The number of ether oxygens (including phenoxy) is 1. The molecule has 0 N–H and O–H groups in total. The normalized spacial score (nSPS) is 15.4. The van der Waals surface area contributed by atoms with Crippen LogP contribution in [0.2, 0.25) is 0 Å². The van der Waals surface area contributed by atoms with Gasteiger partial charge in [0.2, 0.25) is 0 Å². The van der Waals surface area contributed by atoms with E-state index in [2.05, 4.69) is 41.6 Å². The molecule has 0 atom stereocenters. The number of aryl methyl sites for hydroxylation is 1. The number of thioether (sulfide) groups is 1. The van der Waals surface area contributed by atoms with Crippen LogP contribution >= 0.6 is 27.7 Å². The lowest BCUT2D eigenvalue weighted by molar-refractivity contribution is -0.121. The summed E-state index contributed by atoms with van der Waals surface area (Å²) in [6.07, 6.45) is 4.17. The van der Waals surface area contributed by atoms with E-state index in [1.807, 2.05) is 30.3 Å². The summed E-state index contributed by atoms with van der Waals surface area (Å²) in [6, 6.07) is 12.0. The molecule has 0 aromatic heterocycles. The average molecular weight is 458 g/mol. The molecule has 2 aromatic carbocycles. The van der Waals surface area contributed by atoms with Gasteiger partial charge in [0, 0.05) is 7.05 Å². The van der Waals surface area contributed by atoms with E-state index in [0.29, 0.717) is 17.9 Å². The highest BCUT2D eigenvalue weighted by molar-refractivity contribution is 9.10. The second-order valence-corrected chi connectivity index (χ2v) is 8.35. The summed E-state index contributed by atoms with van der Waals surface area (Å²) >= 11 is 4.53. The molecule has 0 spiro atoms. The molecular formula is C22H20BrNO3S. The minimum atomic E-state index is -0.281. The van der Waals surface area contributed by atoms with Crippen molar-refractivity contribution in [2.75, 3.05) is 7.05 Å². The smallest absolute Gasteiger partial charge is 0.293 e. The van der Waals surface area contributed by atoms with Gasteiger partial charge in [-0.25, -0.2) is 0 Å². The standard InChI is InChI=1S/C22H20BrNO3S/c1-4-6-17-10-16(12-19-21(25)24(3)22(26)28-19)11-18(23)20(17)27-13-15-8-5-7-14(2)9-15/h4-5,7-12H,1,6,13H2,2-3H3/b19-12-. The molecule has 0 unspecified atom stereocenters. The molecule has 0 bridgehead atoms. The number of benzene rings is 2. The average Bonchev–Trinajstić information content (AvgIpc) is 2.88. The van der Waals surface area contributed by atoms with Gasteiger partial charge in [-0.15, -0.1) is 6.58 Å². The van der Waals surface area contributed by atoms with Gasteiger partial charge in [0.05, 0.1) is 9.38 Å². The number of hydrogen-bond donors (Lipinski definition) is 0. The van der Waals surface area contributed by atoms with Crippen molar-refractivity contribution in [3.63, 3.8) is 0 Å². The van der Waals surface area contributed by atoms with Gasteiger partial charge in [0.25, 0.3) is 11.1 Å². The summed E-state index contributed by atoms with van der Waals surface area (Å²) in [7, 11) is 1.49. The molecule has 6 heteroatoms. The fourth-order valence-corrected chi connectivity index (χ4v) is 4.34. The van der Waals surface area contributed by atoms with E-state index in [1.54, 1.807) is 6.08 Å². The van der Waals surface area contributed by atoms with Gasteiger partial charge in [0.1, 0.15) is 12.4 Å². The third-order valence-corrected chi connectivity index (χ3v) is 5.81. The molecule has 2 aromatic rings. The molecule has 0 aliphatic carbocycles. The molecule has 28 heavy (non-hydrogen) atoms.